The van der Waals surface area contributed by atoms with Gasteiger partial charge < -0.3 is 15.1 Å². The molecule has 2 aromatic heterocycles. The Morgan fingerprint density at radius 3 is 3.00 bits per heavy atom. The minimum absolute atomic E-state index is 0.340. The normalized spacial score (nSPS) is 20.7. The summed E-state index contributed by atoms with van der Waals surface area (Å²) in [6.45, 7) is 3.51. The van der Waals surface area contributed by atoms with E-state index in [9.17, 15) is 0 Å². The highest BCUT2D eigenvalue weighted by Crippen LogP contribution is 2.19. The highest BCUT2D eigenvalue weighted by Gasteiger charge is 2.25. The molecule has 0 bridgehead atoms. The minimum Gasteiger partial charge on any atom is -0.469 e. The summed E-state index contributed by atoms with van der Waals surface area (Å²) in [6, 6.07) is 4.83. The van der Waals surface area contributed by atoms with Gasteiger partial charge in [0.2, 0.25) is 0 Å². The molecule has 128 valence electrons. The molecule has 1 aliphatic carbocycles. The van der Waals surface area contributed by atoms with Gasteiger partial charge in [-0.3, -0.25) is 4.99 Å². The maximum Gasteiger partial charge on any atom is 0.191 e. The number of fused-ring (bicyclic) bond motifs is 1. The zero-order chi connectivity index (χ0) is 16.4. The summed E-state index contributed by atoms with van der Waals surface area (Å²) in [7, 11) is 0. The highest BCUT2D eigenvalue weighted by atomic mass is 16.3. The van der Waals surface area contributed by atoms with Crippen LogP contribution in [0.5, 0.6) is 0 Å². The summed E-state index contributed by atoms with van der Waals surface area (Å²) < 4.78 is 7.39. The third kappa shape index (κ3) is 3.77. The van der Waals surface area contributed by atoms with Crippen molar-refractivity contribution in [2.75, 3.05) is 6.54 Å². The van der Waals surface area contributed by atoms with Crippen molar-refractivity contribution in [1.29, 1.82) is 0 Å². The van der Waals surface area contributed by atoms with Crippen LogP contribution in [0.15, 0.2) is 27.8 Å². The molecule has 0 amide bonds. The average molecular weight is 328 g/mol. The maximum atomic E-state index is 5.37. The van der Waals surface area contributed by atoms with Gasteiger partial charge in [-0.15, -0.1) is 0 Å². The topological polar surface area (TPSA) is 80.3 Å². The van der Waals surface area contributed by atoms with Crippen molar-refractivity contribution in [2.45, 2.75) is 57.7 Å². The largest absolute Gasteiger partial charge is 0.469 e. The lowest BCUT2D eigenvalue weighted by molar-refractivity contribution is 0.392. The predicted octanol–water partition coefficient (Wildman–Crippen LogP) is 1.43. The number of aliphatic imine (C=N–C) groups is 1. The first-order valence-electron chi connectivity index (χ1n) is 8.76. The predicted molar refractivity (Wildman–Crippen MR) is 90.9 cm³/mol. The molecule has 4 rings (SSSR count). The van der Waals surface area contributed by atoms with Crippen molar-refractivity contribution >= 4 is 5.96 Å². The van der Waals surface area contributed by atoms with Crippen LogP contribution in [0.2, 0.25) is 0 Å². The number of aryl methyl sites for hydroxylation is 2. The molecular formula is C17H24N6O. The molecule has 2 aliphatic rings. The van der Waals surface area contributed by atoms with Gasteiger partial charge in [-0.25, -0.2) is 9.67 Å². The summed E-state index contributed by atoms with van der Waals surface area (Å²) in [6.07, 6.45) is 7.01. The van der Waals surface area contributed by atoms with Gasteiger partial charge in [0, 0.05) is 31.5 Å². The molecule has 24 heavy (non-hydrogen) atoms. The molecule has 7 heteroatoms. The molecule has 2 aromatic rings. The van der Waals surface area contributed by atoms with Crippen molar-refractivity contribution in [2.24, 2.45) is 4.99 Å². The van der Waals surface area contributed by atoms with Crippen LogP contribution in [0.4, 0.5) is 0 Å². The zero-order valence-electron chi connectivity index (χ0n) is 14.0. The number of furan rings is 1. The van der Waals surface area contributed by atoms with Gasteiger partial charge in [0.1, 0.15) is 17.4 Å². The Labute approximate surface area is 141 Å². The Morgan fingerprint density at radius 1 is 1.33 bits per heavy atom. The monoisotopic (exact) mass is 328 g/mol. The second kappa shape index (κ2) is 6.67. The minimum atomic E-state index is 0.340. The van der Waals surface area contributed by atoms with Crippen molar-refractivity contribution in [1.82, 2.24) is 25.4 Å². The molecule has 1 aliphatic heterocycles. The van der Waals surface area contributed by atoms with Gasteiger partial charge in [0.05, 0.1) is 12.8 Å². The van der Waals surface area contributed by atoms with Crippen molar-refractivity contribution in [3.05, 3.63) is 35.8 Å². The molecule has 1 unspecified atom stereocenters. The van der Waals surface area contributed by atoms with E-state index < -0.39 is 0 Å². The molecule has 2 N–H and O–H groups in total. The van der Waals surface area contributed by atoms with E-state index in [-0.39, 0.29) is 0 Å². The summed E-state index contributed by atoms with van der Waals surface area (Å²) in [5.74, 6) is 3.84. The van der Waals surface area contributed by atoms with Gasteiger partial charge >= 0.3 is 0 Å². The van der Waals surface area contributed by atoms with Crippen LogP contribution in [-0.4, -0.2) is 39.4 Å². The van der Waals surface area contributed by atoms with Gasteiger partial charge in [0.25, 0.3) is 0 Å². The van der Waals surface area contributed by atoms with Crippen LogP contribution in [0.25, 0.3) is 0 Å². The molecule has 7 nitrogen and oxygen atoms in total. The standard InChI is InChI=1S/C17H24N6O/c1-12-19-16-7-6-14(11-23(16)22-12)21-17(20-13-4-5-13)18-9-8-15-3-2-10-24-15/h2-3,10,13-14H,4-9,11H2,1H3,(H2,18,20,21). The molecule has 0 radical (unpaired) electrons. The zero-order valence-corrected chi connectivity index (χ0v) is 14.0. The van der Waals surface area contributed by atoms with Gasteiger partial charge in [-0.05, 0) is 38.3 Å². The first-order chi connectivity index (χ1) is 11.8. The van der Waals surface area contributed by atoms with Gasteiger partial charge in [-0.1, -0.05) is 0 Å². The number of nitrogens with one attached hydrogen (secondary N) is 2. The van der Waals surface area contributed by atoms with Gasteiger partial charge in [0.15, 0.2) is 5.96 Å². The van der Waals surface area contributed by atoms with E-state index >= 15 is 0 Å². The van der Waals surface area contributed by atoms with E-state index in [4.69, 9.17) is 9.41 Å². The fourth-order valence-corrected chi connectivity index (χ4v) is 3.03. The van der Waals surface area contributed by atoms with E-state index in [0.29, 0.717) is 12.1 Å². The Hall–Kier alpha value is -2.31. The summed E-state index contributed by atoms with van der Waals surface area (Å²) >= 11 is 0. The van der Waals surface area contributed by atoms with Crippen LogP contribution in [0.3, 0.4) is 0 Å². The van der Waals surface area contributed by atoms with E-state index in [1.54, 1.807) is 6.26 Å². The highest BCUT2D eigenvalue weighted by molar-refractivity contribution is 5.80. The smallest absolute Gasteiger partial charge is 0.191 e. The van der Waals surface area contributed by atoms with Gasteiger partial charge in [-0.2, -0.15) is 5.10 Å². The molecular weight excluding hydrogens is 304 g/mol. The van der Waals surface area contributed by atoms with E-state index in [0.717, 1.165) is 55.7 Å². The van der Waals surface area contributed by atoms with Crippen LogP contribution in [0.1, 0.15) is 36.7 Å². The van der Waals surface area contributed by atoms with Crippen LogP contribution >= 0.6 is 0 Å². The molecule has 1 atom stereocenters. The molecule has 0 saturated heterocycles. The Bertz CT molecular complexity index is 701. The molecule has 1 saturated carbocycles. The molecule has 0 spiro atoms. The number of aromatic nitrogens is 3. The lowest BCUT2D eigenvalue weighted by Crippen LogP contribution is -2.47. The van der Waals surface area contributed by atoms with Crippen molar-refractivity contribution in [3.8, 4) is 0 Å². The second-order valence-electron chi connectivity index (χ2n) is 6.62. The van der Waals surface area contributed by atoms with E-state index in [2.05, 4.69) is 20.7 Å². The Balaban J connectivity index is 1.36. The summed E-state index contributed by atoms with van der Waals surface area (Å²) in [5, 5.41) is 11.6. The van der Waals surface area contributed by atoms with Crippen molar-refractivity contribution in [3.63, 3.8) is 0 Å². The third-order valence-corrected chi connectivity index (χ3v) is 4.43. The first kappa shape index (κ1) is 15.2. The average Bonchev–Trinajstić information content (AvgIpc) is 3.07. The van der Waals surface area contributed by atoms with Crippen molar-refractivity contribution < 1.29 is 4.42 Å². The number of rotatable bonds is 5. The number of hydrogen-bond acceptors (Lipinski definition) is 4. The van der Waals surface area contributed by atoms with E-state index in [1.807, 2.05) is 23.7 Å². The number of guanidine groups is 1. The number of hydrogen-bond donors (Lipinski definition) is 2. The maximum absolute atomic E-state index is 5.37. The molecule has 1 fully saturated rings. The first-order valence-corrected chi connectivity index (χ1v) is 8.76. The number of nitrogens with zero attached hydrogens (tertiary/aromatic N) is 4. The summed E-state index contributed by atoms with van der Waals surface area (Å²) in [5.41, 5.74) is 0. The van der Waals surface area contributed by atoms with Crippen LogP contribution < -0.4 is 10.6 Å². The Kier molecular flexibility index (Phi) is 4.23. The molecule has 0 aromatic carbocycles. The quantitative estimate of drug-likeness (QED) is 0.641. The van der Waals surface area contributed by atoms with Crippen LogP contribution in [-0.2, 0) is 19.4 Å². The second-order valence-corrected chi connectivity index (χ2v) is 6.62. The lowest BCUT2D eigenvalue weighted by atomic mass is 10.1. The van der Waals surface area contributed by atoms with E-state index in [1.165, 1.54) is 12.8 Å². The SMILES string of the molecule is Cc1nc2n(n1)CC(NC(=NCCc1ccco1)NC1CC1)CC2. The lowest BCUT2D eigenvalue weighted by Gasteiger charge is -2.25. The fourth-order valence-electron chi connectivity index (χ4n) is 3.03. The summed E-state index contributed by atoms with van der Waals surface area (Å²) in [4.78, 5) is 9.19. The Morgan fingerprint density at radius 2 is 2.21 bits per heavy atom. The fraction of sp³-hybridized carbons (Fsp3) is 0.588. The molecule has 3 heterocycles. The van der Waals surface area contributed by atoms with Crippen LogP contribution in [0, 0.1) is 6.92 Å². The third-order valence-electron chi connectivity index (χ3n) is 4.43.